The summed E-state index contributed by atoms with van der Waals surface area (Å²) in [5.41, 5.74) is 2.13. The summed E-state index contributed by atoms with van der Waals surface area (Å²) in [6.07, 6.45) is 7.43. The molecule has 1 aliphatic rings. The van der Waals surface area contributed by atoms with Gasteiger partial charge in [-0.1, -0.05) is 37.8 Å². The van der Waals surface area contributed by atoms with E-state index in [0.717, 1.165) is 24.1 Å². The van der Waals surface area contributed by atoms with Crippen LogP contribution in [0.3, 0.4) is 0 Å². The Labute approximate surface area is 164 Å². The molecule has 1 saturated heterocycles. The second-order valence-corrected chi connectivity index (χ2v) is 6.50. The number of rotatable bonds is 9. The Kier molecular flexibility index (Phi) is 7.99. The number of ether oxygens (including phenoxy) is 1. The molecule has 6 heteroatoms. The maximum Gasteiger partial charge on any atom is 0.303 e. The number of carboxylic acid groups (broad SMARTS) is 1. The molecule has 1 N–H and O–H groups in total. The molecule has 28 heavy (non-hydrogen) atoms. The van der Waals surface area contributed by atoms with E-state index in [9.17, 15) is 14.0 Å². The minimum atomic E-state index is -0.965. The molecule has 1 heterocycles. The zero-order valence-corrected chi connectivity index (χ0v) is 16.1. The van der Waals surface area contributed by atoms with E-state index >= 15 is 0 Å². The first-order valence-corrected chi connectivity index (χ1v) is 9.40. The third kappa shape index (κ3) is 5.81. The van der Waals surface area contributed by atoms with Gasteiger partial charge in [-0.3, -0.25) is 9.59 Å². The number of amides is 1. The molecule has 1 aromatic carbocycles. The van der Waals surface area contributed by atoms with Gasteiger partial charge in [-0.15, -0.1) is 0 Å². The predicted octanol–water partition coefficient (Wildman–Crippen LogP) is 4.25. The van der Waals surface area contributed by atoms with Gasteiger partial charge in [-0.2, -0.15) is 0 Å². The standard InChI is InChI=1S/C22H26FNO4/c1-3-5-7-17(20-8-6-13-24(20)21(25)4-2)15-28-18-11-9-16(19(23)14-18)10-12-22(26)27/h3,5,7,9,11,14H,1,4,6,8,10,12-13,15H2,2H3,(H,26,27)/b7-5-,20-17-. The van der Waals surface area contributed by atoms with Crippen molar-refractivity contribution < 1.29 is 23.8 Å². The normalized spacial score (nSPS) is 15.7. The first-order valence-electron chi connectivity index (χ1n) is 9.40. The van der Waals surface area contributed by atoms with Crippen LogP contribution >= 0.6 is 0 Å². The van der Waals surface area contributed by atoms with Crippen LogP contribution in [0.1, 0.15) is 38.2 Å². The molecule has 1 fully saturated rings. The van der Waals surface area contributed by atoms with Crippen LogP contribution in [-0.2, 0) is 16.0 Å². The number of allylic oxidation sites excluding steroid dienone is 3. The monoisotopic (exact) mass is 387 g/mol. The van der Waals surface area contributed by atoms with E-state index in [-0.39, 0.29) is 25.4 Å². The third-order valence-electron chi connectivity index (χ3n) is 4.56. The van der Waals surface area contributed by atoms with Gasteiger partial charge in [0.05, 0.1) is 0 Å². The summed E-state index contributed by atoms with van der Waals surface area (Å²) < 4.78 is 19.9. The van der Waals surface area contributed by atoms with Crippen LogP contribution in [0.25, 0.3) is 0 Å². The van der Waals surface area contributed by atoms with E-state index in [2.05, 4.69) is 6.58 Å². The van der Waals surface area contributed by atoms with Crippen molar-refractivity contribution in [1.82, 2.24) is 4.90 Å². The molecule has 1 aliphatic heterocycles. The minimum Gasteiger partial charge on any atom is -0.489 e. The Hall–Kier alpha value is -2.89. The molecule has 5 nitrogen and oxygen atoms in total. The Morgan fingerprint density at radius 1 is 1.39 bits per heavy atom. The Morgan fingerprint density at radius 3 is 2.82 bits per heavy atom. The number of carbonyl (C=O) groups excluding carboxylic acids is 1. The summed E-state index contributed by atoms with van der Waals surface area (Å²) in [6.45, 7) is 6.40. The van der Waals surface area contributed by atoms with Crippen LogP contribution in [0.2, 0.25) is 0 Å². The largest absolute Gasteiger partial charge is 0.489 e. The first kappa shape index (κ1) is 21.4. The lowest BCUT2D eigenvalue weighted by atomic mass is 10.1. The SMILES string of the molecule is C=C/C=C\C(COc1ccc(CCC(=O)O)c(F)c1)=C1/CCCN1C(=O)CC. The number of benzene rings is 1. The average Bonchev–Trinajstić information content (AvgIpc) is 3.16. The van der Waals surface area contributed by atoms with Gasteiger partial charge in [-0.25, -0.2) is 4.39 Å². The highest BCUT2D eigenvalue weighted by molar-refractivity contribution is 5.78. The maximum absolute atomic E-state index is 14.2. The number of carbonyl (C=O) groups is 2. The van der Waals surface area contributed by atoms with Crippen molar-refractivity contribution in [2.24, 2.45) is 0 Å². The molecule has 1 aromatic rings. The van der Waals surface area contributed by atoms with Gasteiger partial charge in [0.1, 0.15) is 18.2 Å². The van der Waals surface area contributed by atoms with Crippen LogP contribution in [0, 0.1) is 5.82 Å². The van der Waals surface area contributed by atoms with Crippen molar-refractivity contribution in [2.75, 3.05) is 13.2 Å². The highest BCUT2D eigenvalue weighted by Gasteiger charge is 2.24. The average molecular weight is 387 g/mol. The number of hydrogen-bond donors (Lipinski definition) is 1. The first-order chi connectivity index (χ1) is 13.5. The predicted molar refractivity (Wildman–Crippen MR) is 105 cm³/mol. The summed E-state index contributed by atoms with van der Waals surface area (Å²) in [5.74, 6) is -1.02. The van der Waals surface area contributed by atoms with Gasteiger partial charge in [0, 0.05) is 36.7 Å². The lowest BCUT2D eigenvalue weighted by Crippen LogP contribution is -2.27. The van der Waals surface area contributed by atoms with Crippen LogP contribution < -0.4 is 4.74 Å². The molecule has 0 saturated carbocycles. The van der Waals surface area contributed by atoms with Gasteiger partial charge in [0.15, 0.2) is 0 Å². The van der Waals surface area contributed by atoms with Gasteiger partial charge >= 0.3 is 5.97 Å². The van der Waals surface area contributed by atoms with Gasteiger partial charge in [-0.05, 0) is 30.9 Å². The number of aliphatic carboxylic acids is 1. The number of halogens is 1. The third-order valence-corrected chi connectivity index (χ3v) is 4.56. The van der Waals surface area contributed by atoms with E-state index in [1.807, 2.05) is 13.0 Å². The highest BCUT2D eigenvalue weighted by atomic mass is 19.1. The molecule has 0 bridgehead atoms. The number of likely N-dealkylation sites (tertiary alicyclic amines) is 1. The molecule has 0 aliphatic carbocycles. The second-order valence-electron chi connectivity index (χ2n) is 6.50. The van der Waals surface area contributed by atoms with Crippen molar-refractivity contribution in [3.63, 3.8) is 0 Å². The van der Waals surface area contributed by atoms with Gasteiger partial charge in [0.2, 0.25) is 5.91 Å². The van der Waals surface area contributed by atoms with E-state index in [1.54, 1.807) is 29.2 Å². The molecule has 0 aromatic heterocycles. The quantitative estimate of drug-likeness (QED) is 0.643. The molecular formula is C22H26FNO4. The summed E-state index contributed by atoms with van der Waals surface area (Å²) in [5, 5.41) is 8.72. The fraction of sp³-hybridized carbons (Fsp3) is 0.364. The smallest absolute Gasteiger partial charge is 0.303 e. The molecule has 0 radical (unpaired) electrons. The Balaban J connectivity index is 2.16. The zero-order chi connectivity index (χ0) is 20.5. The number of carboxylic acids is 1. The van der Waals surface area contributed by atoms with E-state index < -0.39 is 11.8 Å². The Bertz CT molecular complexity index is 798. The van der Waals surface area contributed by atoms with Crippen molar-refractivity contribution >= 4 is 11.9 Å². The van der Waals surface area contributed by atoms with Crippen molar-refractivity contribution in [2.45, 2.75) is 39.0 Å². The van der Waals surface area contributed by atoms with Crippen molar-refractivity contribution in [3.8, 4) is 5.75 Å². The van der Waals surface area contributed by atoms with Crippen LogP contribution in [0.5, 0.6) is 5.75 Å². The summed E-state index contributed by atoms with van der Waals surface area (Å²) >= 11 is 0. The van der Waals surface area contributed by atoms with E-state index in [1.165, 1.54) is 6.07 Å². The summed E-state index contributed by atoms with van der Waals surface area (Å²) in [4.78, 5) is 24.6. The zero-order valence-electron chi connectivity index (χ0n) is 16.1. The molecular weight excluding hydrogens is 361 g/mol. The van der Waals surface area contributed by atoms with Gasteiger partial charge < -0.3 is 14.7 Å². The fourth-order valence-corrected chi connectivity index (χ4v) is 3.11. The second kappa shape index (κ2) is 10.4. The van der Waals surface area contributed by atoms with Gasteiger partial charge in [0.25, 0.3) is 0 Å². The lowest BCUT2D eigenvalue weighted by molar-refractivity contribution is -0.137. The molecule has 1 amide bonds. The van der Waals surface area contributed by atoms with Crippen LogP contribution in [0.4, 0.5) is 4.39 Å². The fourth-order valence-electron chi connectivity index (χ4n) is 3.11. The molecule has 0 atom stereocenters. The van der Waals surface area contributed by atoms with E-state index in [4.69, 9.17) is 9.84 Å². The van der Waals surface area contributed by atoms with E-state index in [0.29, 0.717) is 24.3 Å². The van der Waals surface area contributed by atoms with Crippen LogP contribution in [-0.4, -0.2) is 35.0 Å². The molecule has 0 unspecified atom stereocenters. The number of aryl methyl sites for hydroxylation is 1. The lowest BCUT2D eigenvalue weighted by Gasteiger charge is -2.20. The van der Waals surface area contributed by atoms with Crippen molar-refractivity contribution in [3.05, 3.63) is 65.7 Å². The highest BCUT2D eigenvalue weighted by Crippen LogP contribution is 2.27. The maximum atomic E-state index is 14.2. The Morgan fingerprint density at radius 2 is 2.18 bits per heavy atom. The molecule has 150 valence electrons. The summed E-state index contributed by atoms with van der Waals surface area (Å²) in [6, 6.07) is 4.44. The van der Waals surface area contributed by atoms with Crippen LogP contribution in [0.15, 0.2) is 54.3 Å². The minimum absolute atomic E-state index is 0.0748. The number of nitrogens with zero attached hydrogens (tertiary/aromatic N) is 1. The number of hydrogen-bond acceptors (Lipinski definition) is 3. The van der Waals surface area contributed by atoms with Crippen molar-refractivity contribution in [1.29, 1.82) is 0 Å². The molecule has 2 rings (SSSR count). The topological polar surface area (TPSA) is 66.8 Å². The summed E-state index contributed by atoms with van der Waals surface area (Å²) in [7, 11) is 0. The molecule has 0 spiro atoms.